The highest BCUT2D eigenvalue weighted by atomic mass is 14.8. The maximum absolute atomic E-state index is 4.38. The lowest BCUT2D eigenvalue weighted by Gasteiger charge is -2.31. The first-order chi connectivity index (χ1) is 8.75. The van der Waals surface area contributed by atoms with Gasteiger partial charge >= 0.3 is 0 Å². The first-order valence-electron chi connectivity index (χ1n) is 6.87. The van der Waals surface area contributed by atoms with Crippen LogP contribution in [0.1, 0.15) is 44.4 Å². The molecule has 0 unspecified atom stereocenters. The van der Waals surface area contributed by atoms with Gasteiger partial charge in [0.15, 0.2) is 0 Å². The van der Waals surface area contributed by atoms with Crippen molar-refractivity contribution in [3.8, 4) is 0 Å². The first kappa shape index (κ1) is 15.6. The third-order valence-electron chi connectivity index (χ3n) is 4.23. The van der Waals surface area contributed by atoms with E-state index in [0.717, 1.165) is 0 Å². The van der Waals surface area contributed by atoms with Crippen LogP contribution in [0, 0.1) is 19.3 Å². The Kier molecular flexibility index (Phi) is 4.62. The zero-order valence-corrected chi connectivity index (χ0v) is 13.4. The Morgan fingerprint density at radius 3 is 2.32 bits per heavy atom. The van der Waals surface area contributed by atoms with Crippen molar-refractivity contribution in [2.75, 3.05) is 12.4 Å². The van der Waals surface area contributed by atoms with E-state index in [1.165, 1.54) is 33.5 Å². The van der Waals surface area contributed by atoms with E-state index < -0.39 is 0 Å². The molecule has 1 aromatic rings. The molecule has 0 aliphatic carbocycles. The molecule has 0 atom stereocenters. The second-order valence-corrected chi connectivity index (χ2v) is 5.83. The number of anilines is 1. The van der Waals surface area contributed by atoms with Crippen molar-refractivity contribution in [2.24, 2.45) is 5.41 Å². The van der Waals surface area contributed by atoms with Crippen molar-refractivity contribution < 1.29 is 0 Å². The van der Waals surface area contributed by atoms with Crippen LogP contribution in [-0.2, 0) is 0 Å². The summed E-state index contributed by atoms with van der Waals surface area (Å²) >= 11 is 0. The molecule has 1 N–H and O–H groups in total. The van der Waals surface area contributed by atoms with Crippen molar-refractivity contribution >= 4 is 11.3 Å². The molecule has 1 heteroatoms. The van der Waals surface area contributed by atoms with Crippen LogP contribution >= 0.6 is 0 Å². The van der Waals surface area contributed by atoms with Gasteiger partial charge in [-0.3, -0.25) is 0 Å². The quantitative estimate of drug-likeness (QED) is 0.717. The van der Waals surface area contributed by atoms with Crippen LogP contribution in [0.4, 0.5) is 5.69 Å². The summed E-state index contributed by atoms with van der Waals surface area (Å²) in [5.74, 6) is 0. The largest absolute Gasteiger partial charge is 0.387 e. The van der Waals surface area contributed by atoms with Gasteiger partial charge in [-0.15, -0.1) is 0 Å². The minimum atomic E-state index is -0.0272. The fraction of sp³-hybridized carbons (Fsp3) is 0.444. The van der Waals surface area contributed by atoms with Crippen molar-refractivity contribution in [3.05, 3.63) is 47.1 Å². The minimum absolute atomic E-state index is 0.0272. The molecule has 104 valence electrons. The van der Waals surface area contributed by atoms with E-state index >= 15 is 0 Å². The average Bonchev–Trinajstić information content (AvgIpc) is 2.35. The van der Waals surface area contributed by atoms with Gasteiger partial charge in [0, 0.05) is 23.7 Å². The highest BCUT2D eigenvalue weighted by molar-refractivity contribution is 5.81. The zero-order valence-electron chi connectivity index (χ0n) is 13.4. The number of benzene rings is 1. The third-order valence-corrected chi connectivity index (χ3v) is 4.23. The minimum Gasteiger partial charge on any atom is -0.387 e. The van der Waals surface area contributed by atoms with Gasteiger partial charge in [0.1, 0.15) is 0 Å². The SMILES string of the molecule is C=C(c1cc(C)cc(C)c1NC)C(C)(C)/C(C)=C/C. The lowest BCUT2D eigenvalue weighted by Crippen LogP contribution is -2.16. The normalized spacial score (nSPS) is 12.5. The van der Waals surface area contributed by atoms with Crippen LogP contribution in [-0.4, -0.2) is 7.05 Å². The summed E-state index contributed by atoms with van der Waals surface area (Å²) in [6.45, 7) is 17.4. The summed E-state index contributed by atoms with van der Waals surface area (Å²) in [6, 6.07) is 4.43. The van der Waals surface area contributed by atoms with Crippen LogP contribution in [0.5, 0.6) is 0 Å². The van der Waals surface area contributed by atoms with E-state index in [1.54, 1.807) is 0 Å². The summed E-state index contributed by atoms with van der Waals surface area (Å²) < 4.78 is 0. The highest BCUT2D eigenvalue weighted by Crippen LogP contribution is 2.42. The summed E-state index contributed by atoms with van der Waals surface area (Å²) in [7, 11) is 1.98. The molecule has 0 fully saturated rings. The van der Waals surface area contributed by atoms with Gasteiger partial charge in [-0.05, 0) is 44.9 Å². The van der Waals surface area contributed by atoms with E-state index in [9.17, 15) is 0 Å². The molecule has 0 amide bonds. The number of nitrogens with one attached hydrogen (secondary N) is 1. The zero-order chi connectivity index (χ0) is 14.8. The second-order valence-electron chi connectivity index (χ2n) is 5.83. The predicted molar refractivity (Wildman–Crippen MR) is 87.7 cm³/mol. The predicted octanol–water partition coefficient (Wildman–Crippen LogP) is 5.35. The van der Waals surface area contributed by atoms with Crippen LogP contribution in [0.25, 0.3) is 5.57 Å². The van der Waals surface area contributed by atoms with E-state index in [0.29, 0.717) is 0 Å². The van der Waals surface area contributed by atoms with Crippen LogP contribution in [0.3, 0.4) is 0 Å². The highest BCUT2D eigenvalue weighted by Gasteiger charge is 2.26. The van der Waals surface area contributed by atoms with E-state index in [4.69, 9.17) is 0 Å². The van der Waals surface area contributed by atoms with E-state index in [-0.39, 0.29) is 5.41 Å². The van der Waals surface area contributed by atoms with Gasteiger partial charge < -0.3 is 5.32 Å². The number of hydrogen-bond donors (Lipinski definition) is 1. The summed E-state index contributed by atoms with van der Waals surface area (Å²) in [4.78, 5) is 0. The van der Waals surface area contributed by atoms with Gasteiger partial charge in [-0.1, -0.05) is 43.7 Å². The Morgan fingerprint density at radius 1 is 1.26 bits per heavy atom. The Balaban J connectivity index is 3.42. The third kappa shape index (κ3) is 2.91. The van der Waals surface area contributed by atoms with Gasteiger partial charge in [0.25, 0.3) is 0 Å². The molecule has 1 rings (SSSR count). The Bertz CT molecular complexity index is 519. The monoisotopic (exact) mass is 257 g/mol. The van der Waals surface area contributed by atoms with Crippen LogP contribution in [0.15, 0.2) is 30.4 Å². The Labute approximate surface area is 118 Å². The lowest BCUT2D eigenvalue weighted by atomic mass is 9.74. The van der Waals surface area contributed by atoms with Gasteiger partial charge in [-0.25, -0.2) is 0 Å². The fourth-order valence-electron chi connectivity index (χ4n) is 2.47. The molecule has 0 radical (unpaired) electrons. The van der Waals surface area contributed by atoms with Crippen molar-refractivity contribution in [2.45, 2.75) is 41.5 Å². The van der Waals surface area contributed by atoms with Gasteiger partial charge in [-0.2, -0.15) is 0 Å². The molecule has 0 aliphatic rings. The number of hydrogen-bond acceptors (Lipinski definition) is 1. The maximum atomic E-state index is 4.38. The summed E-state index contributed by atoms with van der Waals surface area (Å²) in [5, 5.41) is 3.32. The molecule has 0 aliphatic heterocycles. The average molecular weight is 257 g/mol. The molecule has 1 nitrogen and oxygen atoms in total. The molecular formula is C18H27N. The first-order valence-corrected chi connectivity index (χ1v) is 6.87. The molecule has 0 saturated heterocycles. The number of aryl methyl sites for hydroxylation is 2. The topological polar surface area (TPSA) is 12.0 Å². The number of allylic oxidation sites excluding steroid dienone is 3. The molecule has 0 heterocycles. The smallest absolute Gasteiger partial charge is 0.0444 e. The summed E-state index contributed by atoms with van der Waals surface area (Å²) in [5.41, 5.74) is 7.45. The van der Waals surface area contributed by atoms with Crippen LogP contribution in [0.2, 0.25) is 0 Å². The summed E-state index contributed by atoms with van der Waals surface area (Å²) in [6.07, 6.45) is 2.17. The molecule has 0 saturated carbocycles. The van der Waals surface area contributed by atoms with Crippen molar-refractivity contribution in [1.82, 2.24) is 0 Å². The second kappa shape index (κ2) is 5.64. The van der Waals surface area contributed by atoms with Gasteiger partial charge in [0.2, 0.25) is 0 Å². The Hall–Kier alpha value is -1.50. The van der Waals surface area contributed by atoms with E-state index in [2.05, 4.69) is 71.6 Å². The maximum Gasteiger partial charge on any atom is 0.0444 e. The Morgan fingerprint density at radius 2 is 1.84 bits per heavy atom. The molecule has 19 heavy (non-hydrogen) atoms. The van der Waals surface area contributed by atoms with Crippen molar-refractivity contribution in [3.63, 3.8) is 0 Å². The molecular weight excluding hydrogens is 230 g/mol. The molecule has 0 spiro atoms. The van der Waals surface area contributed by atoms with E-state index in [1.807, 2.05) is 7.05 Å². The molecule has 0 bridgehead atoms. The lowest BCUT2D eigenvalue weighted by molar-refractivity contribution is 0.602. The standard InChI is InChI=1S/C18H27N/c1-9-14(4)18(6,7)15(5)16-11-12(2)10-13(3)17(16)19-8/h9-11,19H,5H2,1-4,6-8H3/b14-9+. The van der Waals surface area contributed by atoms with Crippen LogP contribution < -0.4 is 5.32 Å². The molecule has 1 aromatic carbocycles. The fourth-order valence-corrected chi connectivity index (χ4v) is 2.47. The number of rotatable bonds is 4. The molecule has 0 aromatic heterocycles. The van der Waals surface area contributed by atoms with Gasteiger partial charge in [0.05, 0.1) is 0 Å². The van der Waals surface area contributed by atoms with Crippen molar-refractivity contribution in [1.29, 1.82) is 0 Å².